The molecule has 0 aliphatic rings. The summed E-state index contributed by atoms with van der Waals surface area (Å²) in [7, 11) is 0. The second-order valence-electron chi connectivity index (χ2n) is 7.72. The third-order valence-corrected chi connectivity index (χ3v) is 4.47. The van der Waals surface area contributed by atoms with Gasteiger partial charge in [-0.1, -0.05) is 0 Å². The summed E-state index contributed by atoms with van der Waals surface area (Å²) >= 11 is 0. The predicted molar refractivity (Wildman–Crippen MR) is 126 cm³/mol. The molecule has 0 saturated heterocycles. The van der Waals surface area contributed by atoms with Crippen LogP contribution in [0.3, 0.4) is 0 Å². The molecule has 0 radical (unpaired) electrons. The zero-order chi connectivity index (χ0) is 26.4. The van der Waals surface area contributed by atoms with E-state index < -0.39 is 28.8 Å². The van der Waals surface area contributed by atoms with Gasteiger partial charge >= 0.3 is 5.97 Å². The van der Waals surface area contributed by atoms with Crippen molar-refractivity contribution in [1.82, 2.24) is 24.7 Å². The summed E-state index contributed by atoms with van der Waals surface area (Å²) in [4.78, 5) is 34.8. The Morgan fingerprint density at radius 2 is 1.86 bits per heavy atom. The van der Waals surface area contributed by atoms with E-state index in [0.29, 0.717) is 5.82 Å². The molecule has 0 amide bonds. The molecule has 2 heterocycles. The van der Waals surface area contributed by atoms with Gasteiger partial charge in [0.15, 0.2) is 5.82 Å². The van der Waals surface area contributed by atoms with Gasteiger partial charge in [-0.25, -0.2) is 14.8 Å². The fourth-order valence-electron chi connectivity index (χ4n) is 2.86. The van der Waals surface area contributed by atoms with Crippen molar-refractivity contribution in [3.05, 3.63) is 45.9 Å². The van der Waals surface area contributed by atoms with Crippen LogP contribution < -0.4 is 10.6 Å². The van der Waals surface area contributed by atoms with Crippen LogP contribution in [0.1, 0.15) is 30.0 Å². The number of carboxylic acids is 1. The fraction of sp³-hybridized carbons (Fsp3) is 0.350. The zero-order valence-electron chi connectivity index (χ0n) is 19.5. The number of nitrogens with zero attached hydrogens (tertiary/aromatic N) is 8. The summed E-state index contributed by atoms with van der Waals surface area (Å²) < 4.78 is 1.07. The van der Waals surface area contributed by atoms with E-state index in [1.54, 1.807) is 20.8 Å². The molecule has 0 bridgehead atoms. The molecule has 36 heavy (non-hydrogen) atoms. The normalized spacial score (nSPS) is 12.9. The third-order valence-electron chi connectivity index (χ3n) is 4.47. The molecule has 16 heteroatoms. The van der Waals surface area contributed by atoms with Crippen LogP contribution in [0, 0.1) is 17.0 Å². The van der Waals surface area contributed by atoms with E-state index in [2.05, 4.69) is 40.9 Å². The smallest absolute Gasteiger partial charge is 0.335 e. The Morgan fingerprint density at radius 1 is 1.17 bits per heavy atom. The first kappa shape index (κ1) is 26.0. The second-order valence-corrected chi connectivity index (χ2v) is 7.72. The average molecular weight is 500 g/mol. The third kappa shape index (κ3) is 6.51. The number of aromatic carboxylic acids is 1. The molecule has 2 aromatic heterocycles. The van der Waals surface area contributed by atoms with Gasteiger partial charge in [0.1, 0.15) is 17.3 Å². The number of carbonyl (C=O) groups is 1. The minimum absolute atomic E-state index is 0.0289. The number of nitrogens with one attached hydrogen (secondary N) is 2. The quantitative estimate of drug-likeness (QED) is 0.145. The molecule has 3 rings (SSSR count). The van der Waals surface area contributed by atoms with Crippen LogP contribution in [-0.4, -0.2) is 76.2 Å². The van der Waals surface area contributed by atoms with Gasteiger partial charge in [0.25, 0.3) is 11.6 Å². The van der Waals surface area contributed by atoms with E-state index in [1.165, 1.54) is 18.3 Å². The van der Waals surface area contributed by atoms with Gasteiger partial charge in [-0.15, -0.1) is 15.3 Å². The number of nitro groups is 1. The highest BCUT2D eigenvalue weighted by molar-refractivity contribution is 5.89. The number of hydrogen-bond acceptors (Lipinski definition) is 13. The number of carboxylic acid groups (broad SMARTS) is 1. The molecule has 0 saturated carbocycles. The van der Waals surface area contributed by atoms with Gasteiger partial charge in [0.2, 0.25) is 5.82 Å². The van der Waals surface area contributed by atoms with Crippen molar-refractivity contribution in [3.8, 4) is 5.69 Å². The van der Waals surface area contributed by atoms with E-state index in [9.17, 15) is 25.1 Å². The van der Waals surface area contributed by atoms with E-state index >= 15 is 0 Å². The van der Waals surface area contributed by atoms with Gasteiger partial charge in [0, 0.05) is 19.2 Å². The SMILES string of the molecule is Cc1nc(N=Nc2ncc(NCC(C)O)nc2NCC(C)O)n(-c2ccc(C(=O)O)cc2[N+](=O)[O-])n1. The summed E-state index contributed by atoms with van der Waals surface area (Å²) in [6.45, 7) is 5.09. The molecule has 1 aromatic carbocycles. The lowest BCUT2D eigenvalue weighted by Crippen LogP contribution is -2.18. The molecule has 0 spiro atoms. The number of hydrogen-bond donors (Lipinski definition) is 5. The molecule has 16 nitrogen and oxygen atoms in total. The molecular weight excluding hydrogens is 476 g/mol. The topological polar surface area (TPSA) is 226 Å². The van der Waals surface area contributed by atoms with Crippen LogP contribution >= 0.6 is 0 Å². The van der Waals surface area contributed by atoms with Gasteiger partial charge < -0.3 is 26.0 Å². The van der Waals surface area contributed by atoms with Crippen molar-refractivity contribution in [1.29, 1.82) is 0 Å². The Hall–Kier alpha value is -4.57. The van der Waals surface area contributed by atoms with E-state index in [-0.39, 0.29) is 47.7 Å². The van der Waals surface area contributed by atoms with Crippen molar-refractivity contribution in [2.24, 2.45) is 10.2 Å². The monoisotopic (exact) mass is 500 g/mol. The number of benzene rings is 1. The standard InChI is InChI=1S/C20H24N10O6/c1-10(31)7-21-16-9-23-18(17(25-16)22-8-11(2)32)26-27-20-24-12(3)28-29(20)14-5-4-13(19(33)34)6-15(14)30(35)36/h4-6,9-11,31-32H,7-8H2,1-3H3,(H,33,34)(H2,21,22,25). The number of aryl methyl sites for hydroxylation is 1. The van der Waals surface area contributed by atoms with E-state index in [0.717, 1.165) is 10.7 Å². The Kier molecular flexibility index (Phi) is 8.13. The number of azo groups is 1. The van der Waals surface area contributed by atoms with Crippen LogP contribution in [0.2, 0.25) is 0 Å². The highest BCUT2D eigenvalue weighted by atomic mass is 16.6. The summed E-state index contributed by atoms with van der Waals surface area (Å²) in [6, 6.07) is 3.34. The minimum atomic E-state index is -1.32. The number of aliphatic hydroxyl groups excluding tert-OH is 2. The van der Waals surface area contributed by atoms with Crippen LogP contribution in [0.4, 0.5) is 29.1 Å². The summed E-state index contributed by atoms with van der Waals surface area (Å²) in [5, 5.41) is 57.9. The molecule has 0 aliphatic carbocycles. The van der Waals surface area contributed by atoms with Gasteiger partial charge in [-0.2, -0.15) is 9.67 Å². The molecule has 3 aromatic rings. The number of nitro benzene ring substituents is 1. The Morgan fingerprint density at radius 3 is 2.50 bits per heavy atom. The highest BCUT2D eigenvalue weighted by Gasteiger charge is 2.22. The molecule has 2 atom stereocenters. The van der Waals surface area contributed by atoms with Crippen LogP contribution in [0.25, 0.3) is 5.69 Å². The average Bonchev–Trinajstić information content (AvgIpc) is 3.20. The first-order chi connectivity index (χ1) is 17.0. The minimum Gasteiger partial charge on any atom is -0.478 e. The Balaban J connectivity index is 2.00. The van der Waals surface area contributed by atoms with Crippen molar-refractivity contribution < 1.29 is 25.0 Å². The van der Waals surface area contributed by atoms with Gasteiger partial charge in [-0.3, -0.25) is 10.1 Å². The number of aliphatic hydroxyl groups is 2. The van der Waals surface area contributed by atoms with Crippen molar-refractivity contribution in [2.75, 3.05) is 23.7 Å². The maximum absolute atomic E-state index is 11.6. The Labute approximate surface area is 203 Å². The number of aromatic nitrogens is 5. The van der Waals surface area contributed by atoms with Crippen LogP contribution in [-0.2, 0) is 0 Å². The lowest BCUT2D eigenvalue weighted by Gasteiger charge is -2.12. The van der Waals surface area contributed by atoms with Crippen molar-refractivity contribution in [2.45, 2.75) is 33.0 Å². The molecule has 0 aliphatic heterocycles. The van der Waals surface area contributed by atoms with Crippen molar-refractivity contribution in [3.63, 3.8) is 0 Å². The summed E-state index contributed by atoms with van der Waals surface area (Å²) in [6.07, 6.45) is 0.0458. The molecule has 0 fully saturated rings. The molecular formula is C20H24N10O6. The van der Waals surface area contributed by atoms with E-state index in [4.69, 9.17) is 5.11 Å². The van der Waals surface area contributed by atoms with Crippen LogP contribution in [0.5, 0.6) is 0 Å². The Bertz CT molecular complexity index is 1290. The first-order valence-electron chi connectivity index (χ1n) is 10.6. The lowest BCUT2D eigenvalue weighted by molar-refractivity contribution is -0.384. The van der Waals surface area contributed by atoms with Gasteiger partial charge in [0.05, 0.1) is 28.9 Å². The predicted octanol–water partition coefficient (Wildman–Crippen LogP) is 1.97. The highest BCUT2D eigenvalue weighted by Crippen LogP contribution is 2.29. The first-order valence-corrected chi connectivity index (χ1v) is 10.6. The second kappa shape index (κ2) is 11.2. The molecule has 2 unspecified atom stereocenters. The van der Waals surface area contributed by atoms with E-state index in [1.807, 2.05) is 0 Å². The van der Waals surface area contributed by atoms with Gasteiger partial charge in [-0.05, 0) is 32.9 Å². The van der Waals surface area contributed by atoms with Crippen LogP contribution in [0.15, 0.2) is 34.6 Å². The fourth-order valence-corrected chi connectivity index (χ4v) is 2.86. The lowest BCUT2D eigenvalue weighted by atomic mass is 10.2. The maximum atomic E-state index is 11.6. The zero-order valence-corrected chi connectivity index (χ0v) is 19.5. The molecule has 190 valence electrons. The molecule has 5 N–H and O–H groups in total. The van der Waals surface area contributed by atoms with Crippen molar-refractivity contribution >= 4 is 35.1 Å². The maximum Gasteiger partial charge on any atom is 0.335 e. The largest absolute Gasteiger partial charge is 0.478 e. The summed E-state index contributed by atoms with van der Waals surface area (Å²) in [5.74, 6) is -0.663. The number of rotatable bonds is 11. The number of anilines is 2. The summed E-state index contributed by atoms with van der Waals surface area (Å²) in [5.41, 5.74) is -0.835.